The number of phenolic OH excluding ortho intramolecular Hbond substituents is 3. The van der Waals surface area contributed by atoms with Gasteiger partial charge in [0.25, 0.3) is 5.91 Å². The SMILES string of the molecule is Cc1cc(Cl)cc(C=NNC(=O)c2ccc(O)c(O)c2)c1O. The van der Waals surface area contributed by atoms with E-state index in [0.29, 0.717) is 16.1 Å². The average molecular weight is 321 g/mol. The molecule has 114 valence electrons. The highest BCUT2D eigenvalue weighted by molar-refractivity contribution is 6.31. The zero-order valence-electron chi connectivity index (χ0n) is 11.5. The van der Waals surface area contributed by atoms with Gasteiger partial charge in [-0.2, -0.15) is 5.10 Å². The standard InChI is InChI=1S/C15H13ClN2O4/c1-8-4-11(16)5-10(14(8)21)7-17-18-15(22)9-2-3-12(19)13(20)6-9/h2-7,19-21H,1H3,(H,18,22). The molecule has 0 bridgehead atoms. The molecule has 0 aliphatic heterocycles. The third kappa shape index (κ3) is 3.48. The second-order valence-electron chi connectivity index (χ2n) is 4.56. The van der Waals surface area contributed by atoms with Crippen LogP contribution >= 0.6 is 11.6 Å². The Morgan fingerprint density at radius 2 is 1.91 bits per heavy atom. The van der Waals surface area contributed by atoms with Crippen LogP contribution in [0.3, 0.4) is 0 Å². The van der Waals surface area contributed by atoms with E-state index >= 15 is 0 Å². The third-order valence-corrected chi connectivity index (χ3v) is 3.12. The lowest BCUT2D eigenvalue weighted by Crippen LogP contribution is -2.17. The van der Waals surface area contributed by atoms with E-state index in [2.05, 4.69) is 10.5 Å². The van der Waals surface area contributed by atoms with Crippen molar-refractivity contribution in [3.8, 4) is 17.2 Å². The van der Waals surface area contributed by atoms with Gasteiger partial charge in [-0.15, -0.1) is 0 Å². The van der Waals surface area contributed by atoms with Crippen LogP contribution in [0.5, 0.6) is 17.2 Å². The first kappa shape index (κ1) is 15.7. The predicted molar refractivity (Wildman–Crippen MR) is 82.7 cm³/mol. The van der Waals surface area contributed by atoms with Gasteiger partial charge in [0.2, 0.25) is 0 Å². The van der Waals surface area contributed by atoms with E-state index in [-0.39, 0.29) is 17.1 Å². The van der Waals surface area contributed by atoms with Crippen LogP contribution in [-0.4, -0.2) is 27.4 Å². The first-order chi connectivity index (χ1) is 10.4. The van der Waals surface area contributed by atoms with E-state index in [9.17, 15) is 20.1 Å². The number of halogens is 1. The largest absolute Gasteiger partial charge is 0.507 e. The molecule has 0 heterocycles. The van der Waals surface area contributed by atoms with E-state index < -0.39 is 11.7 Å². The van der Waals surface area contributed by atoms with E-state index in [4.69, 9.17) is 11.6 Å². The van der Waals surface area contributed by atoms with Gasteiger partial charge in [-0.1, -0.05) is 11.6 Å². The van der Waals surface area contributed by atoms with Crippen molar-refractivity contribution in [3.05, 3.63) is 52.0 Å². The van der Waals surface area contributed by atoms with Gasteiger partial charge in [0.1, 0.15) is 5.75 Å². The van der Waals surface area contributed by atoms with Crippen molar-refractivity contribution < 1.29 is 20.1 Å². The number of amides is 1. The maximum Gasteiger partial charge on any atom is 0.271 e. The first-order valence-electron chi connectivity index (χ1n) is 6.23. The summed E-state index contributed by atoms with van der Waals surface area (Å²) in [6, 6.07) is 6.75. The Bertz CT molecular complexity index is 759. The highest BCUT2D eigenvalue weighted by atomic mass is 35.5. The molecule has 1 amide bonds. The van der Waals surface area contributed by atoms with Crippen molar-refractivity contribution in [1.82, 2.24) is 5.43 Å². The average Bonchev–Trinajstić information content (AvgIpc) is 2.46. The number of benzene rings is 2. The molecule has 7 heteroatoms. The van der Waals surface area contributed by atoms with E-state index in [1.54, 1.807) is 13.0 Å². The summed E-state index contributed by atoms with van der Waals surface area (Å²) < 4.78 is 0. The van der Waals surface area contributed by atoms with E-state index in [0.717, 1.165) is 6.07 Å². The number of aryl methyl sites for hydroxylation is 1. The van der Waals surface area contributed by atoms with E-state index in [1.807, 2.05) is 0 Å². The van der Waals surface area contributed by atoms with Crippen LogP contribution in [-0.2, 0) is 0 Å². The van der Waals surface area contributed by atoms with Crippen molar-refractivity contribution in [2.24, 2.45) is 5.10 Å². The number of hydrogen-bond donors (Lipinski definition) is 4. The first-order valence-corrected chi connectivity index (χ1v) is 6.61. The number of hydrazone groups is 1. The summed E-state index contributed by atoms with van der Waals surface area (Å²) >= 11 is 5.88. The minimum Gasteiger partial charge on any atom is -0.507 e. The zero-order valence-corrected chi connectivity index (χ0v) is 12.3. The molecular weight excluding hydrogens is 308 g/mol. The highest BCUT2D eigenvalue weighted by Crippen LogP contribution is 2.25. The Hall–Kier alpha value is -2.73. The Labute approximate surface area is 131 Å². The summed E-state index contributed by atoms with van der Waals surface area (Å²) in [6.07, 6.45) is 1.26. The molecule has 0 unspecified atom stereocenters. The van der Waals surface area contributed by atoms with Gasteiger partial charge in [0, 0.05) is 16.1 Å². The molecule has 0 spiro atoms. The summed E-state index contributed by atoms with van der Waals surface area (Å²) in [5, 5.41) is 32.5. The van der Waals surface area contributed by atoms with E-state index in [1.165, 1.54) is 24.4 Å². The van der Waals surface area contributed by atoms with Gasteiger partial charge in [-0.05, 0) is 42.8 Å². The number of nitrogens with one attached hydrogen (secondary N) is 1. The molecule has 0 atom stereocenters. The third-order valence-electron chi connectivity index (χ3n) is 2.90. The van der Waals surface area contributed by atoms with Gasteiger partial charge >= 0.3 is 0 Å². The second kappa shape index (κ2) is 6.36. The number of carbonyl (C=O) groups is 1. The van der Waals surface area contributed by atoms with Gasteiger partial charge in [0.15, 0.2) is 11.5 Å². The van der Waals surface area contributed by atoms with Crippen LogP contribution in [0.15, 0.2) is 35.4 Å². The molecule has 0 saturated heterocycles. The van der Waals surface area contributed by atoms with Crippen LogP contribution in [0.25, 0.3) is 0 Å². The summed E-state index contributed by atoms with van der Waals surface area (Å²) in [6.45, 7) is 1.69. The Morgan fingerprint density at radius 1 is 1.18 bits per heavy atom. The lowest BCUT2D eigenvalue weighted by Gasteiger charge is -2.04. The molecule has 2 aromatic carbocycles. The normalized spacial score (nSPS) is 10.8. The minimum absolute atomic E-state index is 0.0182. The van der Waals surface area contributed by atoms with Crippen molar-refractivity contribution in [3.63, 3.8) is 0 Å². The lowest BCUT2D eigenvalue weighted by molar-refractivity contribution is 0.0954. The minimum atomic E-state index is -0.579. The van der Waals surface area contributed by atoms with Gasteiger partial charge in [0.05, 0.1) is 6.21 Å². The topological polar surface area (TPSA) is 102 Å². The van der Waals surface area contributed by atoms with Crippen molar-refractivity contribution in [1.29, 1.82) is 0 Å². The Balaban J connectivity index is 2.12. The number of nitrogens with zero attached hydrogens (tertiary/aromatic N) is 1. The molecule has 4 N–H and O–H groups in total. The molecule has 0 aromatic heterocycles. The van der Waals surface area contributed by atoms with Crippen molar-refractivity contribution >= 4 is 23.7 Å². The number of aromatic hydroxyl groups is 3. The van der Waals surface area contributed by atoms with Crippen LogP contribution in [0.1, 0.15) is 21.5 Å². The fraction of sp³-hybridized carbons (Fsp3) is 0.0667. The lowest BCUT2D eigenvalue weighted by atomic mass is 10.1. The molecule has 0 aliphatic rings. The monoisotopic (exact) mass is 320 g/mol. The fourth-order valence-electron chi connectivity index (χ4n) is 1.75. The van der Waals surface area contributed by atoms with Gasteiger partial charge < -0.3 is 15.3 Å². The quantitative estimate of drug-likeness (QED) is 0.396. The molecule has 6 nitrogen and oxygen atoms in total. The van der Waals surface area contributed by atoms with Gasteiger partial charge in [-0.3, -0.25) is 4.79 Å². The molecule has 0 radical (unpaired) electrons. The van der Waals surface area contributed by atoms with Crippen LogP contribution in [0, 0.1) is 6.92 Å². The number of carbonyl (C=O) groups excluding carboxylic acids is 1. The summed E-state index contributed by atoms with van der Waals surface area (Å²) in [4.78, 5) is 11.8. The van der Waals surface area contributed by atoms with Crippen LogP contribution in [0.2, 0.25) is 5.02 Å². The molecule has 0 saturated carbocycles. The molecule has 0 aliphatic carbocycles. The predicted octanol–water partition coefficient (Wildman–Crippen LogP) is 2.53. The van der Waals surface area contributed by atoms with Crippen molar-refractivity contribution in [2.45, 2.75) is 6.92 Å². The van der Waals surface area contributed by atoms with Gasteiger partial charge in [-0.25, -0.2) is 5.43 Å². The Kier molecular flexibility index (Phi) is 4.53. The number of hydrogen-bond acceptors (Lipinski definition) is 5. The highest BCUT2D eigenvalue weighted by Gasteiger charge is 2.08. The Morgan fingerprint density at radius 3 is 2.59 bits per heavy atom. The number of rotatable bonds is 3. The molecule has 22 heavy (non-hydrogen) atoms. The molecule has 2 aromatic rings. The van der Waals surface area contributed by atoms with Crippen LogP contribution < -0.4 is 5.43 Å². The summed E-state index contributed by atoms with van der Waals surface area (Å²) in [5.41, 5.74) is 3.31. The van der Waals surface area contributed by atoms with Crippen LogP contribution in [0.4, 0.5) is 0 Å². The maximum absolute atomic E-state index is 11.8. The molecule has 2 rings (SSSR count). The molecule has 0 fully saturated rings. The maximum atomic E-state index is 11.8. The summed E-state index contributed by atoms with van der Waals surface area (Å²) in [7, 11) is 0. The fourth-order valence-corrected chi connectivity index (χ4v) is 2.03. The number of phenols is 3. The summed E-state index contributed by atoms with van der Waals surface area (Å²) in [5.74, 6) is -1.28. The zero-order chi connectivity index (χ0) is 16.3. The smallest absolute Gasteiger partial charge is 0.271 e. The second-order valence-corrected chi connectivity index (χ2v) is 5.00. The molecular formula is C15H13ClN2O4. The van der Waals surface area contributed by atoms with Crippen molar-refractivity contribution in [2.75, 3.05) is 0 Å².